The summed E-state index contributed by atoms with van der Waals surface area (Å²) in [6.45, 7) is 0. The largest absolute Gasteiger partial charge is 0.301 e. The molecule has 1 saturated carbocycles. The van der Waals surface area contributed by atoms with E-state index in [0.717, 1.165) is 0 Å². The molecule has 1 aromatic heterocycles. The van der Waals surface area contributed by atoms with E-state index in [4.69, 9.17) is 11.6 Å². The van der Waals surface area contributed by atoms with Gasteiger partial charge >= 0.3 is 0 Å². The van der Waals surface area contributed by atoms with Crippen molar-refractivity contribution in [1.29, 1.82) is 0 Å². The lowest BCUT2D eigenvalue weighted by atomic mass is 9.92. The van der Waals surface area contributed by atoms with Gasteiger partial charge in [0.25, 0.3) is 0 Å². The van der Waals surface area contributed by atoms with Crippen molar-refractivity contribution in [2.45, 2.75) is 37.6 Å². The fourth-order valence-electron chi connectivity index (χ4n) is 1.78. The molecule has 78 valence electrons. The second-order valence-corrected chi connectivity index (χ2v) is 3.93. The van der Waals surface area contributed by atoms with Gasteiger partial charge in [-0.15, -0.1) is 10.2 Å². The molecule has 1 aliphatic rings. The lowest BCUT2D eigenvalue weighted by Crippen LogP contribution is -2.26. The quantitative estimate of drug-likeness (QED) is 0.730. The number of hydrogen-bond acceptors (Lipinski definition) is 2. The molecule has 0 saturated heterocycles. The monoisotopic (exact) mass is 221 g/mol. The third-order valence-electron chi connectivity index (χ3n) is 2.61. The minimum Gasteiger partial charge on any atom is -0.301 e. The molecule has 14 heavy (non-hydrogen) atoms. The summed E-state index contributed by atoms with van der Waals surface area (Å²) in [5.74, 6) is -2.50. The highest BCUT2D eigenvalue weighted by Crippen LogP contribution is 2.38. The van der Waals surface area contributed by atoms with Gasteiger partial charge in [-0.25, -0.2) is 8.78 Å². The summed E-state index contributed by atoms with van der Waals surface area (Å²) in [6.07, 6.45) is 2.21. The Kier molecular flexibility index (Phi) is 2.43. The standard InChI is InChI=1S/C8H10ClF2N3/c9-7-13-12-5-14(7)6-1-3-8(10,11)4-2-6/h5-6H,1-4H2. The Labute approximate surface area is 85.1 Å². The van der Waals surface area contributed by atoms with E-state index in [9.17, 15) is 8.78 Å². The Balaban J connectivity index is 2.06. The predicted molar refractivity (Wildman–Crippen MR) is 47.5 cm³/mol. The van der Waals surface area contributed by atoms with Crippen LogP contribution >= 0.6 is 11.6 Å². The fraction of sp³-hybridized carbons (Fsp3) is 0.750. The Morgan fingerprint density at radius 1 is 1.43 bits per heavy atom. The fourth-order valence-corrected chi connectivity index (χ4v) is 2.00. The van der Waals surface area contributed by atoms with Gasteiger partial charge in [-0.05, 0) is 24.4 Å². The molecule has 1 aromatic rings. The van der Waals surface area contributed by atoms with E-state index in [0.29, 0.717) is 12.8 Å². The van der Waals surface area contributed by atoms with Crippen LogP contribution in [0.5, 0.6) is 0 Å². The number of aromatic nitrogens is 3. The molecule has 3 nitrogen and oxygen atoms in total. The highest BCUT2D eigenvalue weighted by Gasteiger charge is 2.35. The van der Waals surface area contributed by atoms with Crippen LogP contribution in [0.3, 0.4) is 0 Å². The van der Waals surface area contributed by atoms with Gasteiger partial charge in [-0.3, -0.25) is 0 Å². The number of alkyl halides is 2. The first-order chi connectivity index (χ1) is 6.58. The lowest BCUT2D eigenvalue weighted by molar-refractivity contribution is -0.0439. The van der Waals surface area contributed by atoms with Crippen molar-refractivity contribution in [2.24, 2.45) is 0 Å². The number of rotatable bonds is 1. The number of nitrogens with zero attached hydrogens (tertiary/aromatic N) is 3. The molecule has 0 bridgehead atoms. The van der Waals surface area contributed by atoms with Gasteiger partial charge in [0.1, 0.15) is 6.33 Å². The first-order valence-corrected chi connectivity index (χ1v) is 4.89. The van der Waals surface area contributed by atoms with Gasteiger partial charge in [-0.2, -0.15) is 0 Å². The molecule has 0 aromatic carbocycles. The van der Waals surface area contributed by atoms with E-state index in [-0.39, 0.29) is 24.2 Å². The molecule has 0 amide bonds. The second kappa shape index (κ2) is 3.46. The molecular weight excluding hydrogens is 212 g/mol. The summed E-state index contributed by atoms with van der Waals surface area (Å²) < 4.78 is 27.4. The topological polar surface area (TPSA) is 30.7 Å². The van der Waals surface area contributed by atoms with Crippen molar-refractivity contribution in [3.05, 3.63) is 11.6 Å². The Bertz CT molecular complexity index is 316. The normalized spacial score (nSPS) is 22.5. The molecule has 0 aliphatic heterocycles. The Hall–Kier alpha value is -0.710. The number of halogens is 3. The maximum absolute atomic E-state index is 12.8. The molecule has 1 heterocycles. The zero-order valence-electron chi connectivity index (χ0n) is 7.46. The van der Waals surface area contributed by atoms with Crippen LogP contribution in [0.25, 0.3) is 0 Å². The van der Waals surface area contributed by atoms with Crippen LogP contribution in [0.2, 0.25) is 5.28 Å². The molecule has 1 aliphatic carbocycles. The van der Waals surface area contributed by atoms with Crippen molar-refractivity contribution in [2.75, 3.05) is 0 Å². The van der Waals surface area contributed by atoms with Crippen LogP contribution in [0.1, 0.15) is 31.7 Å². The predicted octanol–water partition coefficient (Wildman–Crippen LogP) is 2.68. The minimum absolute atomic E-state index is 0.0251. The van der Waals surface area contributed by atoms with Crippen molar-refractivity contribution < 1.29 is 8.78 Å². The van der Waals surface area contributed by atoms with E-state index in [1.165, 1.54) is 6.33 Å². The van der Waals surface area contributed by atoms with Gasteiger partial charge in [0.2, 0.25) is 11.2 Å². The molecular formula is C8H10ClF2N3. The molecule has 1 fully saturated rings. The Morgan fingerprint density at radius 2 is 2.07 bits per heavy atom. The zero-order chi connectivity index (χ0) is 10.2. The molecule has 2 rings (SSSR count). The zero-order valence-corrected chi connectivity index (χ0v) is 8.21. The maximum Gasteiger partial charge on any atom is 0.248 e. The minimum atomic E-state index is -2.50. The molecule has 0 spiro atoms. The highest BCUT2D eigenvalue weighted by molar-refractivity contribution is 6.28. The summed E-state index contributed by atoms with van der Waals surface area (Å²) in [4.78, 5) is 0. The lowest BCUT2D eigenvalue weighted by Gasteiger charge is -2.28. The van der Waals surface area contributed by atoms with Crippen molar-refractivity contribution in [3.8, 4) is 0 Å². The first-order valence-electron chi connectivity index (χ1n) is 4.51. The smallest absolute Gasteiger partial charge is 0.248 e. The van der Waals surface area contributed by atoms with Gasteiger partial charge in [0.05, 0.1) is 0 Å². The van der Waals surface area contributed by atoms with Gasteiger partial charge < -0.3 is 4.57 Å². The van der Waals surface area contributed by atoms with Crippen LogP contribution in [-0.2, 0) is 0 Å². The molecule has 0 unspecified atom stereocenters. The van der Waals surface area contributed by atoms with Crippen LogP contribution in [0.15, 0.2) is 6.33 Å². The second-order valence-electron chi connectivity index (χ2n) is 3.59. The van der Waals surface area contributed by atoms with Crippen molar-refractivity contribution >= 4 is 11.6 Å². The number of hydrogen-bond donors (Lipinski definition) is 0. The van der Waals surface area contributed by atoms with E-state index >= 15 is 0 Å². The third kappa shape index (κ3) is 1.87. The van der Waals surface area contributed by atoms with Crippen LogP contribution < -0.4 is 0 Å². The highest BCUT2D eigenvalue weighted by atomic mass is 35.5. The van der Waals surface area contributed by atoms with E-state index in [2.05, 4.69) is 10.2 Å². The maximum atomic E-state index is 12.8. The van der Waals surface area contributed by atoms with Crippen LogP contribution in [0.4, 0.5) is 8.78 Å². The van der Waals surface area contributed by atoms with Gasteiger partial charge in [0, 0.05) is 18.9 Å². The van der Waals surface area contributed by atoms with Gasteiger partial charge in [0.15, 0.2) is 0 Å². The Morgan fingerprint density at radius 3 is 2.57 bits per heavy atom. The average Bonchev–Trinajstić information content (AvgIpc) is 2.52. The van der Waals surface area contributed by atoms with Gasteiger partial charge in [-0.1, -0.05) is 0 Å². The molecule has 0 radical (unpaired) electrons. The van der Waals surface area contributed by atoms with E-state index < -0.39 is 5.92 Å². The van der Waals surface area contributed by atoms with E-state index in [1.54, 1.807) is 4.57 Å². The van der Waals surface area contributed by atoms with Crippen LogP contribution in [-0.4, -0.2) is 20.7 Å². The third-order valence-corrected chi connectivity index (χ3v) is 2.88. The summed E-state index contributed by atoms with van der Waals surface area (Å²) in [6, 6.07) is 0.0251. The molecule has 0 N–H and O–H groups in total. The summed E-state index contributed by atoms with van der Waals surface area (Å²) in [5.41, 5.74) is 0. The van der Waals surface area contributed by atoms with Crippen molar-refractivity contribution in [3.63, 3.8) is 0 Å². The molecule has 0 atom stereocenters. The average molecular weight is 222 g/mol. The van der Waals surface area contributed by atoms with Crippen molar-refractivity contribution in [1.82, 2.24) is 14.8 Å². The summed E-state index contributed by atoms with van der Waals surface area (Å²) in [5, 5.41) is 7.52. The van der Waals surface area contributed by atoms with E-state index in [1.807, 2.05) is 0 Å². The first kappa shape index (κ1) is 9.83. The molecule has 6 heteroatoms. The summed E-state index contributed by atoms with van der Waals surface area (Å²) >= 11 is 5.75. The SMILES string of the molecule is FC1(F)CCC(n2cnnc2Cl)CC1. The summed E-state index contributed by atoms with van der Waals surface area (Å²) in [7, 11) is 0. The van der Waals surface area contributed by atoms with Crippen LogP contribution in [0, 0.1) is 0 Å².